The molecule has 27 heavy (non-hydrogen) atoms. The minimum absolute atomic E-state index is 0.185. The Hall–Kier alpha value is -4.06. The summed E-state index contributed by atoms with van der Waals surface area (Å²) in [5.74, 6) is 0.390. The van der Waals surface area contributed by atoms with Crippen molar-refractivity contribution in [2.24, 2.45) is 19.1 Å². The van der Waals surface area contributed by atoms with Crippen molar-refractivity contribution in [1.82, 2.24) is 19.3 Å². The molecule has 1 aromatic carbocycles. The van der Waals surface area contributed by atoms with Crippen molar-refractivity contribution in [3.63, 3.8) is 0 Å². The van der Waals surface area contributed by atoms with Gasteiger partial charge in [0.25, 0.3) is 5.82 Å². The van der Waals surface area contributed by atoms with Crippen LogP contribution in [0.5, 0.6) is 0 Å². The summed E-state index contributed by atoms with van der Waals surface area (Å²) in [7, 11) is 3.15. The molecule has 3 aromatic rings. The Morgan fingerprint density at radius 2 is 2.04 bits per heavy atom. The van der Waals surface area contributed by atoms with Crippen LogP contribution < -0.4 is 0 Å². The first-order chi connectivity index (χ1) is 13.0. The van der Waals surface area contributed by atoms with E-state index in [9.17, 15) is 15.4 Å². The summed E-state index contributed by atoms with van der Waals surface area (Å²) >= 11 is 0. The van der Waals surface area contributed by atoms with E-state index in [1.165, 1.54) is 16.3 Å². The van der Waals surface area contributed by atoms with Crippen LogP contribution in [0.3, 0.4) is 0 Å². The van der Waals surface area contributed by atoms with Crippen molar-refractivity contribution in [1.29, 1.82) is 5.26 Å². The fourth-order valence-corrected chi connectivity index (χ4v) is 2.54. The Bertz CT molecular complexity index is 1090. The number of imidazole rings is 1. The van der Waals surface area contributed by atoms with Gasteiger partial charge in [-0.2, -0.15) is 10.4 Å². The molecule has 9 heteroatoms. The molecule has 0 aliphatic carbocycles. The monoisotopic (exact) mass is 361 g/mol. The van der Waals surface area contributed by atoms with E-state index in [0.717, 1.165) is 11.8 Å². The molecule has 3 rings (SSSR count). The molecular weight excluding hydrogens is 346 g/mol. The summed E-state index contributed by atoms with van der Waals surface area (Å²) in [5.41, 5.74) is 1.47. The van der Waals surface area contributed by atoms with Gasteiger partial charge in [0, 0.05) is 13.3 Å². The maximum atomic E-state index is 11.0. The topological polar surface area (TPSA) is 115 Å². The normalized spacial score (nSPS) is 11.3. The number of nitrogens with zero attached hydrogens (tertiary/aromatic N) is 7. The van der Waals surface area contributed by atoms with Gasteiger partial charge in [-0.1, -0.05) is 36.4 Å². The zero-order chi connectivity index (χ0) is 19.4. The van der Waals surface area contributed by atoms with Gasteiger partial charge in [0.15, 0.2) is 11.5 Å². The van der Waals surface area contributed by atoms with E-state index in [1.807, 2.05) is 36.4 Å². The standard InChI is InChI=1S/C18H15N7O2/c1-23-15(25(26)27)12-21-18(23)16-14(11-19)17(24(2)22-16)20-10-6-9-13-7-4-3-5-8-13/h3-10,12H,1-2H3/b9-6+,20-10+. The summed E-state index contributed by atoms with van der Waals surface area (Å²) < 4.78 is 2.73. The van der Waals surface area contributed by atoms with E-state index in [1.54, 1.807) is 19.3 Å². The molecule has 9 nitrogen and oxygen atoms in total. The predicted molar refractivity (Wildman–Crippen MR) is 100 cm³/mol. The van der Waals surface area contributed by atoms with Crippen molar-refractivity contribution < 1.29 is 4.92 Å². The quantitative estimate of drug-likeness (QED) is 0.393. The van der Waals surface area contributed by atoms with Crippen molar-refractivity contribution in [2.45, 2.75) is 0 Å². The second-order valence-corrected chi connectivity index (χ2v) is 5.59. The van der Waals surface area contributed by atoms with Crippen LogP contribution in [0.1, 0.15) is 11.1 Å². The zero-order valence-corrected chi connectivity index (χ0v) is 14.6. The minimum Gasteiger partial charge on any atom is -0.358 e. The average molecular weight is 361 g/mol. The first-order valence-electron chi connectivity index (χ1n) is 7.92. The molecule has 0 radical (unpaired) electrons. The largest absolute Gasteiger partial charge is 0.358 e. The number of hydrogen-bond donors (Lipinski definition) is 0. The minimum atomic E-state index is -0.543. The summed E-state index contributed by atoms with van der Waals surface area (Å²) in [6.07, 6.45) is 6.34. The van der Waals surface area contributed by atoms with Gasteiger partial charge in [-0.05, 0) is 16.6 Å². The van der Waals surface area contributed by atoms with Crippen molar-refractivity contribution in [3.05, 3.63) is 63.8 Å². The van der Waals surface area contributed by atoms with E-state index in [0.29, 0.717) is 5.82 Å². The molecule has 134 valence electrons. The van der Waals surface area contributed by atoms with Crippen LogP contribution in [0.15, 0.2) is 47.6 Å². The first-order valence-corrected chi connectivity index (χ1v) is 7.92. The highest BCUT2D eigenvalue weighted by Crippen LogP contribution is 2.30. The fraction of sp³-hybridized carbons (Fsp3) is 0.111. The molecule has 2 aromatic heterocycles. The first kappa shape index (κ1) is 17.8. The van der Waals surface area contributed by atoms with E-state index in [4.69, 9.17) is 0 Å². The van der Waals surface area contributed by atoms with Gasteiger partial charge in [-0.25, -0.2) is 19.2 Å². The third-order valence-electron chi connectivity index (χ3n) is 3.86. The Labute approximate surface area is 154 Å². The summed E-state index contributed by atoms with van der Waals surface area (Å²) in [5, 5.41) is 24.8. The lowest BCUT2D eigenvalue weighted by Crippen LogP contribution is -2.00. The van der Waals surface area contributed by atoms with Crippen molar-refractivity contribution in [2.75, 3.05) is 0 Å². The van der Waals surface area contributed by atoms with Gasteiger partial charge in [0.05, 0.1) is 7.05 Å². The zero-order valence-electron chi connectivity index (χ0n) is 14.6. The number of aromatic nitrogens is 4. The molecule has 0 fully saturated rings. The van der Waals surface area contributed by atoms with Gasteiger partial charge in [0.1, 0.15) is 17.8 Å². The molecule has 0 saturated carbocycles. The SMILES string of the molecule is Cn1nc(-c2ncc([N+](=O)[O-])n2C)c(C#N)c1/N=C/C=C/c1ccccc1. The maximum Gasteiger partial charge on any atom is 0.342 e. The molecule has 0 amide bonds. The number of aryl methyl sites for hydroxylation is 1. The Morgan fingerprint density at radius 3 is 2.67 bits per heavy atom. The van der Waals surface area contributed by atoms with Gasteiger partial charge in [0.2, 0.25) is 0 Å². The highest BCUT2D eigenvalue weighted by molar-refractivity contribution is 5.82. The smallest absolute Gasteiger partial charge is 0.342 e. The number of nitro groups is 1. The van der Waals surface area contributed by atoms with Crippen LogP contribution >= 0.6 is 0 Å². The fourth-order valence-electron chi connectivity index (χ4n) is 2.54. The number of allylic oxidation sites excluding steroid dienone is 1. The van der Waals surface area contributed by atoms with Gasteiger partial charge >= 0.3 is 5.82 Å². The Balaban J connectivity index is 1.95. The molecule has 0 unspecified atom stereocenters. The molecule has 0 bridgehead atoms. The second-order valence-electron chi connectivity index (χ2n) is 5.59. The molecule has 0 aliphatic heterocycles. The molecule has 0 spiro atoms. The van der Waals surface area contributed by atoms with Gasteiger partial charge < -0.3 is 10.1 Å². The summed E-state index contributed by atoms with van der Waals surface area (Å²) in [6, 6.07) is 11.8. The highest BCUT2D eigenvalue weighted by atomic mass is 16.6. The Kier molecular flexibility index (Phi) is 4.90. The Morgan fingerprint density at radius 1 is 1.30 bits per heavy atom. The highest BCUT2D eigenvalue weighted by Gasteiger charge is 2.26. The van der Waals surface area contributed by atoms with Crippen LogP contribution in [-0.4, -0.2) is 30.5 Å². The lowest BCUT2D eigenvalue weighted by atomic mass is 10.2. The van der Waals surface area contributed by atoms with E-state index in [2.05, 4.69) is 21.1 Å². The van der Waals surface area contributed by atoms with Gasteiger partial charge in [-0.3, -0.25) is 0 Å². The van der Waals surface area contributed by atoms with Crippen LogP contribution in [0, 0.1) is 21.4 Å². The van der Waals surface area contributed by atoms with Crippen molar-refractivity contribution in [3.8, 4) is 17.6 Å². The van der Waals surface area contributed by atoms with Crippen molar-refractivity contribution >= 4 is 23.9 Å². The van der Waals surface area contributed by atoms with E-state index in [-0.39, 0.29) is 22.9 Å². The molecule has 2 heterocycles. The number of benzene rings is 1. The van der Waals surface area contributed by atoms with Gasteiger partial charge in [-0.15, -0.1) is 0 Å². The van der Waals surface area contributed by atoms with Crippen LogP contribution in [0.2, 0.25) is 0 Å². The molecule has 0 atom stereocenters. The molecule has 0 aliphatic rings. The summed E-state index contributed by atoms with van der Waals surface area (Å²) in [4.78, 5) is 18.8. The third kappa shape index (κ3) is 3.50. The summed E-state index contributed by atoms with van der Waals surface area (Å²) in [6.45, 7) is 0. The number of nitriles is 1. The lowest BCUT2D eigenvalue weighted by molar-refractivity contribution is -0.391. The van der Waals surface area contributed by atoms with E-state index >= 15 is 0 Å². The number of rotatable bonds is 5. The lowest BCUT2D eigenvalue weighted by Gasteiger charge is -1.96. The third-order valence-corrected chi connectivity index (χ3v) is 3.86. The van der Waals surface area contributed by atoms with Crippen LogP contribution in [-0.2, 0) is 14.1 Å². The molecule has 0 N–H and O–H groups in total. The second kappa shape index (κ2) is 7.45. The predicted octanol–water partition coefficient (Wildman–Crippen LogP) is 3.02. The molecule has 0 saturated heterocycles. The number of aliphatic imine (C=N–C) groups is 1. The maximum absolute atomic E-state index is 11.0. The van der Waals surface area contributed by atoms with E-state index < -0.39 is 4.92 Å². The van der Waals surface area contributed by atoms with Crippen LogP contribution in [0.4, 0.5) is 11.6 Å². The van der Waals surface area contributed by atoms with Crippen LogP contribution in [0.25, 0.3) is 17.6 Å². The molecular formula is C18H15N7O2. The average Bonchev–Trinajstić information content (AvgIpc) is 3.19. The number of hydrogen-bond acceptors (Lipinski definition) is 6.